The number of carbonyl (C=O) groups is 1. The third kappa shape index (κ3) is 4.53. The van der Waals surface area contributed by atoms with Crippen LogP contribution in [0, 0.1) is 0 Å². The fraction of sp³-hybridized carbons (Fsp3) is 0.130. The van der Waals surface area contributed by atoms with Gasteiger partial charge in [0.25, 0.3) is 5.56 Å². The number of aromatic nitrogens is 5. The summed E-state index contributed by atoms with van der Waals surface area (Å²) in [4.78, 5) is 40.7. The molecular formula is C23H19Cl2N9O3. The van der Waals surface area contributed by atoms with Gasteiger partial charge in [-0.25, -0.2) is 25.6 Å². The van der Waals surface area contributed by atoms with Crippen molar-refractivity contribution in [1.82, 2.24) is 24.5 Å². The Morgan fingerprint density at radius 3 is 2.81 bits per heavy atom. The number of halogens is 2. The van der Waals surface area contributed by atoms with Gasteiger partial charge in [0, 0.05) is 34.8 Å². The van der Waals surface area contributed by atoms with E-state index in [9.17, 15) is 14.7 Å². The molecule has 1 unspecified atom stereocenters. The first-order chi connectivity index (χ1) is 17.8. The van der Waals surface area contributed by atoms with E-state index in [-0.39, 0.29) is 16.4 Å². The number of anilines is 1. The zero-order valence-corrected chi connectivity index (χ0v) is 20.5. The highest BCUT2D eigenvalue weighted by atomic mass is 35.5. The van der Waals surface area contributed by atoms with Gasteiger partial charge in [0.15, 0.2) is 5.15 Å². The largest absolute Gasteiger partial charge is 0.477 e. The van der Waals surface area contributed by atoms with Gasteiger partial charge in [-0.05, 0) is 36.8 Å². The van der Waals surface area contributed by atoms with Crippen LogP contribution in [0.25, 0.3) is 22.5 Å². The number of aromatic amines is 1. The predicted octanol–water partition coefficient (Wildman–Crippen LogP) is 2.82. The number of hydrazone groups is 1. The van der Waals surface area contributed by atoms with Crippen molar-refractivity contribution in [2.45, 2.75) is 18.9 Å². The molecule has 1 aliphatic heterocycles. The molecule has 37 heavy (non-hydrogen) atoms. The Bertz CT molecular complexity index is 1620. The maximum atomic E-state index is 13.3. The zero-order valence-electron chi connectivity index (χ0n) is 19.0. The Hall–Kier alpha value is -4.26. The van der Waals surface area contributed by atoms with Gasteiger partial charge in [-0.15, -0.1) is 0 Å². The second-order valence-corrected chi connectivity index (χ2v) is 8.97. The molecule has 4 aromatic rings. The summed E-state index contributed by atoms with van der Waals surface area (Å²) >= 11 is 12.6. The minimum atomic E-state index is -1.16. The summed E-state index contributed by atoms with van der Waals surface area (Å²) in [5, 5.41) is 14.5. The number of hydrogen-bond acceptors (Lipinski definition) is 8. The van der Waals surface area contributed by atoms with E-state index in [1.807, 2.05) is 0 Å². The molecule has 14 heteroatoms. The quantitative estimate of drug-likeness (QED) is 0.124. The number of imidazole rings is 1. The van der Waals surface area contributed by atoms with Crippen LogP contribution >= 0.6 is 23.2 Å². The fourth-order valence-electron chi connectivity index (χ4n) is 4.33. The third-order valence-electron chi connectivity index (χ3n) is 5.94. The predicted molar refractivity (Wildman–Crippen MR) is 139 cm³/mol. The van der Waals surface area contributed by atoms with Crippen LogP contribution in [0.2, 0.25) is 10.2 Å². The molecule has 0 saturated carbocycles. The smallest absolute Gasteiger partial charge is 0.354 e. The standard InChI is InChI=1S/C23H19Cl2N9O3/c24-12-1-2-16(33(27)10-29-26)13(8-12)14-9-19(35)34-17(3-4-18(34)30-14)22-31-20(21(25)32-22)11-5-6-28-15(7-11)23(36)37/h1-2,5-10,17H,3-4,26-27H2,(H,31,32)(H,36,37)/b29-10-. The topological polar surface area (TPSA) is 181 Å². The van der Waals surface area contributed by atoms with Gasteiger partial charge in [0.2, 0.25) is 0 Å². The highest BCUT2D eigenvalue weighted by Crippen LogP contribution is 2.35. The maximum absolute atomic E-state index is 13.3. The van der Waals surface area contributed by atoms with E-state index in [0.29, 0.717) is 57.7 Å². The average Bonchev–Trinajstić information content (AvgIpc) is 3.48. The van der Waals surface area contributed by atoms with E-state index < -0.39 is 12.0 Å². The summed E-state index contributed by atoms with van der Waals surface area (Å²) in [5.41, 5.74) is 1.96. The lowest BCUT2D eigenvalue weighted by molar-refractivity contribution is 0.0690. The van der Waals surface area contributed by atoms with Gasteiger partial charge in [-0.3, -0.25) is 14.4 Å². The molecule has 188 valence electrons. The lowest BCUT2D eigenvalue weighted by Crippen LogP contribution is -2.30. The molecule has 1 aromatic carbocycles. The zero-order chi connectivity index (χ0) is 26.3. The van der Waals surface area contributed by atoms with Gasteiger partial charge < -0.3 is 15.9 Å². The van der Waals surface area contributed by atoms with Gasteiger partial charge in [-0.1, -0.05) is 23.2 Å². The van der Waals surface area contributed by atoms with Crippen molar-refractivity contribution in [3.05, 3.63) is 80.5 Å². The van der Waals surface area contributed by atoms with Crippen LogP contribution in [0.4, 0.5) is 5.69 Å². The lowest BCUT2D eigenvalue weighted by Gasteiger charge is -2.18. The van der Waals surface area contributed by atoms with Crippen LogP contribution in [0.3, 0.4) is 0 Å². The summed E-state index contributed by atoms with van der Waals surface area (Å²) < 4.78 is 1.56. The molecule has 0 fully saturated rings. The Labute approximate surface area is 219 Å². The van der Waals surface area contributed by atoms with Gasteiger partial charge in [0.05, 0.1) is 23.1 Å². The summed E-state index contributed by atoms with van der Waals surface area (Å²) in [6.07, 6.45) is 3.66. The van der Waals surface area contributed by atoms with Crippen LogP contribution in [0.1, 0.15) is 34.6 Å². The number of carboxylic acid groups (broad SMARTS) is 1. The van der Waals surface area contributed by atoms with E-state index in [1.54, 1.807) is 28.8 Å². The van der Waals surface area contributed by atoms with Gasteiger partial charge in [0.1, 0.15) is 23.7 Å². The van der Waals surface area contributed by atoms with Crippen LogP contribution < -0.4 is 22.3 Å². The number of fused-ring (bicyclic) bond motifs is 1. The summed E-state index contributed by atoms with van der Waals surface area (Å²) in [5.74, 6) is 11.1. The third-order valence-corrected chi connectivity index (χ3v) is 6.45. The van der Waals surface area contributed by atoms with Crippen molar-refractivity contribution in [2.24, 2.45) is 16.8 Å². The summed E-state index contributed by atoms with van der Waals surface area (Å²) in [6.45, 7) is 0. The Balaban J connectivity index is 1.54. The normalized spacial score (nSPS) is 14.7. The van der Waals surface area contributed by atoms with Gasteiger partial charge in [-0.2, -0.15) is 5.10 Å². The second-order valence-electron chi connectivity index (χ2n) is 8.18. The molecule has 12 nitrogen and oxygen atoms in total. The molecular weight excluding hydrogens is 521 g/mol. The van der Waals surface area contributed by atoms with Crippen molar-refractivity contribution in [1.29, 1.82) is 0 Å². The SMILES string of the molecule is N/N=C\N(N)c1ccc(Cl)cc1-c1cc(=O)n2c(n1)CCC2c1nc(Cl)c(-c2ccnc(C(=O)O)c2)[nH]1. The maximum Gasteiger partial charge on any atom is 0.354 e. The number of benzene rings is 1. The molecule has 0 amide bonds. The van der Waals surface area contributed by atoms with Crippen molar-refractivity contribution in [2.75, 3.05) is 5.01 Å². The average molecular weight is 540 g/mol. The van der Waals surface area contributed by atoms with Crippen LogP contribution in [-0.2, 0) is 6.42 Å². The molecule has 0 radical (unpaired) electrons. The number of aryl methyl sites for hydroxylation is 1. The van der Waals surface area contributed by atoms with E-state index in [0.717, 1.165) is 0 Å². The summed E-state index contributed by atoms with van der Waals surface area (Å²) in [7, 11) is 0. The molecule has 0 spiro atoms. The monoisotopic (exact) mass is 539 g/mol. The van der Waals surface area contributed by atoms with E-state index >= 15 is 0 Å². The molecule has 1 aliphatic rings. The summed E-state index contributed by atoms with van der Waals surface area (Å²) in [6, 6.07) is 8.97. The number of nitrogens with two attached hydrogens (primary N) is 2. The molecule has 4 heterocycles. The number of carboxylic acids is 1. The molecule has 1 atom stereocenters. The molecule has 6 N–H and O–H groups in total. The minimum absolute atomic E-state index is 0.127. The first-order valence-corrected chi connectivity index (χ1v) is 11.7. The van der Waals surface area contributed by atoms with Crippen molar-refractivity contribution in [3.63, 3.8) is 0 Å². The molecule has 0 aliphatic carbocycles. The number of hydrogen-bond donors (Lipinski definition) is 4. The van der Waals surface area contributed by atoms with Crippen LogP contribution in [0.5, 0.6) is 0 Å². The number of aromatic carboxylic acids is 1. The Morgan fingerprint density at radius 1 is 1.24 bits per heavy atom. The molecule has 0 saturated heterocycles. The fourth-order valence-corrected chi connectivity index (χ4v) is 4.75. The second kappa shape index (κ2) is 9.65. The number of H-pyrrole nitrogens is 1. The minimum Gasteiger partial charge on any atom is -0.477 e. The van der Waals surface area contributed by atoms with E-state index in [4.69, 9.17) is 39.9 Å². The van der Waals surface area contributed by atoms with Crippen molar-refractivity contribution < 1.29 is 9.90 Å². The molecule has 0 bridgehead atoms. The molecule has 3 aromatic heterocycles. The Kier molecular flexibility index (Phi) is 6.38. The molecule has 5 rings (SSSR count). The lowest BCUT2D eigenvalue weighted by atomic mass is 10.1. The van der Waals surface area contributed by atoms with Gasteiger partial charge >= 0.3 is 5.97 Å². The highest BCUT2D eigenvalue weighted by molar-refractivity contribution is 6.32. The van der Waals surface area contributed by atoms with E-state index in [1.165, 1.54) is 29.7 Å². The first kappa shape index (κ1) is 24.4. The number of hydrazine groups is 1. The number of nitrogens with zero attached hydrogens (tertiary/aromatic N) is 6. The highest BCUT2D eigenvalue weighted by Gasteiger charge is 2.30. The van der Waals surface area contributed by atoms with Crippen molar-refractivity contribution in [3.8, 4) is 22.5 Å². The van der Waals surface area contributed by atoms with Crippen molar-refractivity contribution >= 4 is 41.2 Å². The van der Waals surface area contributed by atoms with E-state index in [2.05, 4.69) is 20.1 Å². The van der Waals surface area contributed by atoms with Crippen LogP contribution in [0.15, 0.2) is 52.5 Å². The number of rotatable bonds is 6. The Morgan fingerprint density at radius 2 is 2.05 bits per heavy atom. The number of nitrogens with one attached hydrogen (secondary N) is 1. The number of pyridine rings is 1. The first-order valence-electron chi connectivity index (χ1n) is 10.9. The van der Waals surface area contributed by atoms with Crippen LogP contribution in [-0.4, -0.2) is 41.9 Å².